The molecule has 0 bridgehead atoms. The van der Waals surface area contributed by atoms with Crippen LogP contribution in [0.2, 0.25) is 5.02 Å². The van der Waals surface area contributed by atoms with E-state index in [4.69, 9.17) is 11.6 Å². The lowest BCUT2D eigenvalue weighted by Crippen LogP contribution is -2.27. The van der Waals surface area contributed by atoms with Gasteiger partial charge in [0.1, 0.15) is 5.82 Å². The summed E-state index contributed by atoms with van der Waals surface area (Å²) in [5, 5.41) is 10.8. The van der Waals surface area contributed by atoms with Crippen molar-refractivity contribution in [2.45, 2.75) is 0 Å². The van der Waals surface area contributed by atoms with Crippen molar-refractivity contribution >= 4 is 28.9 Å². The van der Waals surface area contributed by atoms with Gasteiger partial charge in [-0.1, -0.05) is 11.6 Å². The second-order valence-corrected chi connectivity index (χ2v) is 4.70. The smallest absolute Gasteiger partial charge is 0.269 e. The average Bonchev–Trinajstić information content (AvgIpc) is 2.48. The number of anilines is 1. The van der Waals surface area contributed by atoms with E-state index in [1.54, 1.807) is 0 Å². The highest BCUT2D eigenvalue weighted by Crippen LogP contribution is 2.22. The lowest BCUT2D eigenvalue weighted by Gasteiger charge is -2.17. The van der Waals surface area contributed by atoms with Crippen molar-refractivity contribution in [2.24, 2.45) is 0 Å². The standard InChI is InChI=1S/C14H10ClFN2O3/c1-17(10-3-5-11(6-4-10)18(20)21)14(19)12-8-9(15)2-7-13(12)16/h2-8H,1H3. The van der Waals surface area contributed by atoms with E-state index in [1.165, 1.54) is 48.3 Å². The highest BCUT2D eigenvalue weighted by atomic mass is 35.5. The zero-order chi connectivity index (χ0) is 15.6. The Morgan fingerprint density at radius 2 is 1.86 bits per heavy atom. The van der Waals surface area contributed by atoms with Gasteiger partial charge in [-0.05, 0) is 30.3 Å². The topological polar surface area (TPSA) is 63.5 Å². The van der Waals surface area contributed by atoms with E-state index in [1.807, 2.05) is 0 Å². The Morgan fingerprint density at radius 3 is 2.43 bits per heavy atom. The molecule has 0 heterocycles. The van der Waals surface area contributed by atoms with Crippen LogP contribution in [0.1, 0.15) is 10.4 Å². The molecule has 5 nitrogen and oxygen atoms in total. The van der Waals surface area contributed by atoms with Crippen molar-refractivity contribution in [3.05, 3.63) is 69.0 Å². The molecule has 0 aliphatic heterocycles. The number of carbonyl (C=O) groups excluding carboxylic acids is 1. The van der Waals surface area contributed by atoms with Gasteiger partial charge >= 0.3 is 0 Å². The van der Waals surface area contributed by atoms with Crippen LogP contribution >= 0.6 is 11.6 Å². The molecule has 2 aromatic carbocycles. The molecule has 0 aromatic heterocycles. The van der Waals surface area contributed by atoms with Gasteiger partial charge in [-0.3, -0.25) is 14.9 Å². The van der Waals surface area contributed by atoms with Crippen molar-refractivity contribution in [1.29, 1.82) is 0 Å². The van der Waals surface area contributed by atoms with E-state index in [2.05, 4.69) is 0 Å². The third-order valence-corrected chi connectivity index (χ3v) is 3.15. The lowest BCUT2D eigenvalue weighted by molar-refractivity contribution is -0.384. The molecule has 0 unspecified atom stereocenters. The summed E-state index contributed by atoms with van der Waals surface area (Å²) in [6, 6.07) is 9.07. The maximum absolute atomic E-state index is 13.7. The summed E-state index contributed by atoms with van der Waals surface area (Å²) in [5.41, 5.74) is 0.155. The number of halogens is 2. The van der Waals surface area contributed by atoms with Gasteiger partial charge in [0, 0.05) is 29.9 Å². The first kappa shape index (κ1) is 14.9. The first-order valence-electron chi connectivity index (χ1n) is 5.87. The van der Waals surface area contributed by atoms with Crippen LogP contribution in [0.3, 0.4) is 0 Å². The molecule has 2 rings (SSSR count). The van der Waals surface area contributed by atoms with Crippen molar-refractivity contribution in [3.63, 3.8) is 0 Å². The van der Waals surface area contributed by atoms with Gasteiger partial charge in [-0.2, -0.15) is 0 Å². The minimum atomic E-state index is -0.682. The highest BCUT2D eigenvalue weighted by Gasteiger charge is 2.18. The summed E-state index contributed by atoms with van der Waals surface area (Å²) < 4.78 is 13.7. The lowest BCUT2D eigenvalue weighted by atomic mass is 10.1. The van der Waals surface area contributed by atoms with Crippen LogP contribution in [0.5, 0.6) is 0 Å². The molecule has 0 N–H and O–H groups in total. The maximum atomic E-state index is 13.7. The minimum Gasteiger partial charge on any atom is -0.311 e. The zero-order valence-corrected chi connectivity index (χ0v) is 11.7. The quantitative estimate of drug-likeness (QED) is 0.642. The number of nitro benzene ring substituents is 1. The van der Waals surface area contributed by atoms with Gasteiger partial charge in [0.15, 0.2) is 0 Å². The van der Waals surface area contributed by atoms with Crippen LogP contribution in [0.25, 0.3) is 0 Å². The summed E-state index contributed by atoms with van der Waals surface area (Å²) in [6.07, 6.45) is 0. The predicted molar refractivity (Wildman–Crippen MR) is 77.2 cm³/mol. The van der Waals surface area contributed by atoms with E-state index in [0.29, 0.717) is 5.69 Å². The Hall–Kier alpha value is -2.47. The number of nitro groups is 1. The molecule has 108 valence electrons. The van der Waals surface area contributed by atoms with Crippen molar-refractivity contribution in [1.82, 2.24) is 0 Å². The number of non-ortho nitro benzene ring substituents is 1. The molecule has 0 aliphatic carbocycles. The molecule has 2 aromatic rings. The van der Waals surface area contributed by atoms with Crippen LogP contribution < -0.4 is 4.90 Å². The van der Waals surface area contributed by atoms with Gasteiger partial charge in [0.25, 0.3) is 11.6 Å². The molecule has 0 atom stereocenters. The molecular weight excluding hydrogens is 299 g/mol. The Kier molecular flexibility index (Phi) is 4.18. The first-order valence-corrected chi connectivity index (χ1v) is 6.25. The fourth-order valence-electron chi connectivity index (χ4n) is 1.76. The van der Waals surface area contributed by atoms with E-state index in [-0.39, 0.29) is 16.3 Å². The second-order valence-electron chi connectivity index (χ2n) is 4.26. The largest absolute Gasteiger partial charge is 0.311 e. The van der Waals surface area contributed by atoms with Crippen LogP contribution in [-0.4, -0.2) is 17.9 Å². The number of rotatable bonds is 3. The van der Waals surface area contributed by atoms with Gasteiger partial charge in [0.05, 0.1) is 10.5 Å². The second kappa shape index (κ2) is 5.88. The van der Waals surface area contributed by atoms with Crippen LogP contribution in [0, 0.1) is 15.9 Å². The third-order valence-electron chi connectivity index (χ3n) is 2.91. The molecule has 0 aliphatic rings. The van der Waals surface area contributed by atoms with Crippen LogP contribution in [-0.2, 0) is 0 Å². The Bertz CT molecular complexity index is 704. The number of hydrogen-bond acceptors (Lipinski definition) is 3. The van der Waals surface area contributed by atoms with Crippen molar-refractivity contribution in [2.75, 3.05) is 11.9 Å². The number of amides is 1. The highest BCUT2D eigenvalue weighted by molar-refractivity contribution is 6.31. The molecule has 0 saturated heterocycles. The van der Waals surface area contributed by atoms with E-state index in [0.717, 1.165) is 6.07 Å². The fraction of sp³-hybridized carbons (Fsp3) is 0.0714. The number of hydrogen-bond donors (Lipinski definition) is 0. The summed E-state index contributed by atoms with van der Waals surface area (Å²) in [4.78, 5) is 23.5. The molecule has 1 amide bonds. The normalized spacial score (nSPS) is 10.2. The predicted octanol–water partition coefficient (Wildman–Crippen LogP) is 3.66. The molecule has 21 heavy (non-hydrogen) atoms. The summed E-state index contributed by atoms with van der Waals surface area (Å²) in [7, 11) is 1.45. The third kappa shape index (κ3) is 3.17. The number of benzene rings is 2. The zero-order valence-electron chi connectivity index (χ0n) is 10.9. The van der Waals surface area contributed by atoms with Crippen LogP contribution in [0.15, 0.2) is 42.5 Å². The van der Waals surface area contributed by atoms with E-state index >= 15 is 0 Å². The van der Waals surface area contributed by atoms with Gasteiger partial charge < -0.3 is 4.90 Å². The van der Waals surface area contributed by atoms with Gasteiger partial charge in [-0.25, -0.2) is 4.39 Å². The average molecular weight is 309 g/mol. The van der Waals surface area contributed by atoms with E-state index < -0.39 is 16.6 Å². The van der Waals surface area contributed by atoms with Crippen LogP contribution in [0.4, 0.5) is 15.8 Å². The van der Waals surface area contributed by atoms with Gasteiger partial charge in [0.2, 0.25) is 0 Å². The molecule has 0 saturated carbocycles. The van der Waals surface area contributed by atoms with E-state index in [9.17, 15) is 19.3 Å². The molecule has 0 fully saturated rings. The van der Waals surface area contributed by atoms with Crippen molar-refractivity contribution < 1.29 is 14.1 Å². The molecule has 0 radical (unpaired) electrons. The minimum absolute atomic E-state index is 0.0893. The molecule has 7 heteroatoms. The summed E-state index contributed by atoms with van der Waals surface area (Å²) >= 11 is 5.75. The summed E-state index contributed by atoms with van der Waals surface area (Å²) in [6.45, 7) is 0. The van der Waals surface area contributed by atoms with Gasteiger partial charge in [-0.15, -0.1) is 0 Å². The fourth-order valence-corrected chi connectivity index (χ4v) is 1.93. The first-order chi connectivity index (χ1) is 9.90. The maximum Gasteiger partial charge on any atom is 0.269 e. The number of carbonyl (C=O) groups is 1. The monoisotopic (exact) mass is 308 g/mol. The Labute approximate surface area is 124 Å². The molecular formula is C14H10ClFN2O3. The molecule has 0 spiro atoms. The Balaban J connectivity index is 2.30. The Morgan fingerprint density at radius 1 is 1.24 bits per heavy atom. The summed E-state index contributed by atoms with van der Waals surface area (Å²) in [5.74, 6) is -1.28. The van der Waals surface area contributed by atoms with Crippen molar-refractivity contribution in [3.8, 4) is 0 Å². The SMILES string of the molecule is CN(C(=O)c1cc(Cl)ccc1F)c1ccc([N+](=O)[O-])cc1. The number of nitrogens with zero attached hydrogens (tertiary/aromatic N) is 2.